The maximum absolute atomic E-state index is 15.0. The van der Waals surface area contributed by atoms with Crippen molar-refractivity contribution in [3.63, 3.8) is 0 Å². The van der Waals surface area contributed by atoms with Gasteiger partial charge in [-0.05, 0) is 97.9 Å². The molecule has 2 aromatic rings. The molecule has 0 spiro atoms. The van der Waals surface area contributed by atoms with Gasteiger partial charge in [-0.1, -0.05) is 50.1 Å². The van der Waals surface area contributed by atoms with Crippen molar-refractivity contribution in [3.05, 3.63) is 65.0 Å². The molecule has 0 unspecified atom stereocenters. The zero-order valence-corrected chi connectivity index (χ0v) is 21.0. The minimum Gasteiger partial charge on any atom is -0.432 e. The molecule has 2 saturated carbocycles. The number of hydrogen-bond acceptors (Lipinski definition) is 1. The second kappa shape index (κ2) is 12.0. The van der Waals surface area contributed by atoms with Gasteiger partial charge < -0.3 is 4.74 Å². The van der Waals surface area contributed by atoms with E-state index in [0.29, 0.717) is 31.6 Å². The number of halogens is 5. The minimum absolute atomic E-state index is 0.0838. The van der Waals surface area contributed by atoms with E-state index >= 15 is 8.78 Å². The third-order valence-corrected chi connectivity index (χ3v) is 8.40. The largest absolute Gasteiger partial charge is 0.432 e. The molecule has 198 valence electrons. The quantitative estimate of drug-likeness (QED) is 0.306. The van der Waals surface area contributed by atoms with Crippen LogP contribution in [0.3, 0.4) is 0 Å². The number of rotatable bonds is 9. The Hall–Kier alpha value is -2.11. The van der Waals surface area contributed by atoms with Crippen molar-refractivity contribution in [3.8, 4) is 5.75 Å². The summed E-state index contributed by atoms with van der Waals surface area (Å²) in [7, 11) is 0. The molecule has 2 aliphatic carbocycles. The summed E-state index contributed by atoms with van der Waals surface area (Å²) in [5, 5.41) is 0. The molecule has 0 bridgehead atoms. The Kier molecular flexibility index (Phi) is 8.95. The van der Waals surface area contributed by atoms with Crippen molar-refractivity contribution in [2.75, 3.05) is 0 Å². The molecule has 1 nitrogen and oxygen atoms in total. The summed E-state index contributed by atoms with van der Waals surface area (Å²) in [4.78, 5) is 0. The first-order valence-electron chi connectivity index (χ1n) is 13.5. The summed E-state index contributed by atoms with van der Waals surface area (Å²) < 4.78 is 72.7. The molecule has 0 amide bonds. The SMILES string of the molecule is CCCC1CCC(c2ccc(C3CCC(C(F)(F)Cc4ccc(OC(F)F)c(F)c4)CC3)cc2)CC1. The molecule has 6 heteroatoms. The Morgan fingerprint density at radius 2 is 1.39 bits per heavy atom. The lowest BCUT2D eigenvalue weighted by Crippen LogP contribution is -2.33. The van der Waals surface area contributed by atoms with E-state index in [1.54, 1.807) is 0 Å². The lowest BCUT2D eigenvalue weighted by molar-refractivity contribution is -0.0717. The second-order valence-corrected chi connectivity index (χ2v) is 10.8. The van der Waals surface area contributed by atoms with Crippen LogP contribution in [-0.2, 0) is 6.42 Å². The van der Waals surface area contributed by atoms with Crippen molar-refractivity contribution in [2.24, 2.45) is 11.8 Å². The van der Waals surface area contributed by atoms with Gasteiger partial charge in [-0.25, -0.2) is 13.2 Å². The normalized spacial score (nSPS) is 25.2. The summed E-state index contributed by atoms with van der Waals surface area (Å²) in [6.07, 6.45) is 9.39. The predicted molar refractivity (Wildman–Crippen MR) is 132 cm³/mol. The van der Waals surface area contributed by atoms with Gasteiger partial charge >= 0.3 is 6.61 Å². The third-order valence-electron chi connectivity index (χ3n) is 8.40. The van der Waals surface area contributed by atoms with Crippen molar-refractivity contribution in [2.45, 2.75) is 102 Å². The summed E-state index contributed by atoms with van der Waals surface area (Å²) >= 11 is 0. The minimum atomic E-state index is -3.16. The first kappa shape index (κ1) is 26.9. The van der Waals surface area contributed by atoms with Crippen LogP contribution in [0.1, 0.15) is 99.7 Å². The Labute approximate surface area is 211 Å². The van der Waals surface area contributed by atoms with E-state index in [1.807, 2.05) is 0 Å². The van der Waals surface area contributed by atoms with Crippen LogP contribution in [0.4, 0.5) is 22.0 Å². The van der Waals surface area contributed by atoms with Gasteiger partial charge in [0.05, 0.1) is 0 Å². The fraction of sp³-hybridized carbons (Fsp3) is 0.600. The van der Waals surface area contributed by atoms with Crippen LogP contribution in [-0.4, -0.2) is 12.5 Å². The first-order chi connectivity index (χ1) is 17.2. The molecule has 0 N–H and O–H groups in total. The Morgan fingerprint density at radius 1 is 0.833 bits per heavy atom. The Morgan fingerprint density at radius 3 is 1.89 bits per heavy atom. The van der Waals surface area contributed by atoms with Crippen LogP contribution in [0, 0.1) is 17.7 Å². The molecule has 0 aromatic heterocycles. The standard InChI is InChI=1S/C30H37F5O/c1-2-3-20-4-7-22(8-5-20)23-9-11-24(12-10-23)25-13-15-26(16-14-25)30(34,35)19-21-6-17-28(27(31)18-21)36-29(32)33/h6,9-12,17-18,20,22,25-26,29H,2-5,7-8,13-16,19H2,1H3. The molecule has 36 heavy (non-hydrogen) atoms. The van der Waals surface area contributed by atoms with Crippen LogP contribution in [0.5, 0.6) is 5.75 Å². The zero-order chi connectivity index (χ0) is 25.7. The smallest absolute Gasteiger partial charge is 0.387 e. The van der Waals surface area contributed by atoms with Gasteiger partial charge in [0.15, 0.2) is 11.6 Å². The fourth-order valence-corrected chi connectivity index (χ4v) is 6.34. The molecule has 2 aliphatic rings. The lowest BCUT2D eigenvalue weighted by atomic mass is 9.74. The zero-order valence-electron chi connectivity index (χ0n) is 21.0. The van der Waals surface area contributed by atoms with E-state index in [2.05, 4.69) is 35.9 Å². The Bertz CT molecular complexity index is 958. The third kappa shape index (κ3) is 6.80. The summed E-state index contributed by atoms with van der Waals surface area (Å²) in [5.41, 5.74) is 2.73. The fourth-order valence-electron chi connectivity index (χ4n) is 6.34. The van der Waals surface area contributed by atoms with E-state index in [4.69, 9.17) is 0 Å². The van der Waals surface area contributed by atoms with Gasteiger partial charge in [-0.2, -0.15) is 8.78 Å². The molecular formula is C30H37F5O. The molecule has 0 aliphatic heterocycles. The van der Waals surface area contributed by atoms with Crippen LogP contribution in [0.25, 0.3) is 0 Å². The predicted octanol–water partition coefficient (Wildman–Crippen LogP) is 9.65. The molecule has 2 fully saturated rings. The molecule has 0 atom stereocenters. The van der Waals surface area contributed by atoms with E-state index < -0.39 is 36.4 Å². The summed E-state index contributed by atoms with van der Waals surface area (Å²) in [5.74, 6) is -3.62. The highest BCUT2D eigenvalue weighted by molar-refractivity contribution is 5.31. The van der Waals surface area contributed by atoms with Crippen LogP contribution >= 0.6 is 0 Å². The number of alkyl halides is 4. The molecule has 0 saturated heterocycles. The van der Waals surface area contributed by atoms with E-state index in [9.17, 15) is 13.2 Å². The molecule has 4 rings (SSSR count). The van der Waals surface area contributed by atoms with Gasteiger partial charge in [0.1, 0.15) is 0 Å². The van der Waals surface area contributed by atoms with Gasteiger partial charge in [0.25, 0.3) is 5.92 Å². The maximum atomic E-state index is 15.0. The molecule has 0 radical (unpaired) electrons. The Balaban J connectivity index is 1.29. The van der Waals surface area contributed by atoms with Crippen molar-refractivity contribution >= 4 is 0 Å². The number of benzene rings is 2. The average molecular weight is 509 g/mol. The van der Waals surface area contributed by atoms with Crippen molar-refractivity contribution < 1.29 is 26.7 Å². The van der Waals surface area contributed by atoms with Crippen LogP contribution < -0.4 is 4.74 Å². The molecule has 2 aromatic carbocycles. The van der Waals surface area contributed by atoms with Gasteiger partial charge in [0.2, 0.25) is 0 Å². The number of ether oxygens (including phenoxy) is 1. The lowest BCUT2D eigenvalue weighted by Gasteiger charge is -2.34. The summed E-state index contributed by atoms with van der Waals surface area (Å²) in [6.45, 7) is -0.904. The van der Waals surface area contributed by atoms with Gasteiger partial charge in [-0.15, -0.1) is 0 Å². The van der Waals surface area contributed by atoms with Gasteiger partial charge in [-0.3, -0.25) is 0 Å². The van der Waals surface area contributed by atoms with Crippen molar-refractivity contribution in [1.29, 1.82) is 0 Å². The number of hydrogen-bond donors (Lipinski definition) is 0. The van der Waals surface area contributed by atoms with Gasteiger partial charge in [0, 0.05) is 12.3 Å². The highest BCUT2D eigenvalue weighted by Crippen LogP contribution is 2.44. The van der Waals surface area contributed by atoms with E-state index in [-0.39, 0.29) is 11.5 Å². The van der Waals surface area contributed by atoms with Crippen molar-refractivity contribution in [1.82, 2.24) is 0 Å². The second-order valence-electron chi connectivity index (χ2n) is 10.8. The highest BCUT2D eigenvalue weighted by atomic mass is 19.3. The summed E-state index contributed by atoms with van der Waals surface area (Å²) in [6, 6.07) is 12.0. The molecular weight excluding hydrogens is 471 g/mol. The van der Waals surface area contributed by atoms with Crippen LogP contribution in [0.15, 0.2) is 42.5 Å². The topological polar surface area (TPSA) is 9.23 Å². The van der Waals surface area contributed by atoms with Crippen LogP contribution in [0.2, 0.25) is 0 Å². The monoisotopic (exact) mass is 508 g/mol. The maximum Gasteiger partial charge on any atom is 0.387 e. The van der Waals surface area contributed by atoms with E-state index in [0.717, 1.165) is 18.1 Å². The highest BCUT2D eigenvalue weighted by Gasteiger charge is 2.41. The molecule has 0 heterocycles. The average Bonchev–Trinajstić information content (AvgIpc) is 2.86. The van der Waals surface area contributed by atoms with E-state index in [1.165, 1.54) is 55.7 Å². The first-order valence-corrected chi connectivity index (χ1v) is 13.5.